The Morgan fingerprint density at radius 2 is 1.69 bits per heavy atom. The third-order valence-electron chi connectivity index (χ3n) is 4.15. The SMILES string of the molecule is CNc1cccc(Sc2ccc([N+](=O)[O-])cc2)c1C(=O)Nc1ccccc1OC. The molecule has 29 heavy (non-hydrogen) atoms. The number of para-hydroxylation sites is 2. The second-order valence-corrected chi connectivity index (χ2v) is 7.05. The lowest BCUT2D eigenvalue weighted by Gasteiger charge is -2.15. The van der Waals surface area contributed by atoms with Crippen molar-refractivity contribution < 1.29 is 14.5 Å². The van der Waals surface area contributed by atoms with Gasteiger partial charge in [0.2, 0.25) is 0 Å². The van der Waals surface area contributed by atoms with Gasteiger partial charge in [-0.1, -0.05) is 30.0 Å². The van der Waals surface area contributed by atoms with E-state index in [0.29, 0.717) is 22.7 Å². The van der Waals surface area contributed by atoms with E-state index in [4.69, 9.17) is 4.74 Å². The summed E-state index contributed by atoms with van der Waals surface area (Å²) in [7, 11) is 3.29. The topological polar surface area (TPSA) is 93.5 Å². The van der Waals surface area contributed by atoms with Gasteiger partial charge >= 0.3 is 0 Å². The van der Waals surface area contributed by atoms with E-state index in [2.05, 4.69) is 10.6 Å². The van der Waals surface area contributed by atoms with E-state index in [0.717, 1.165) is 9.79 Å². The molecule has 0 heterocycles. The van der Waals surface area contributed by atoms with Gasteiger partial charge in [0, 0.05) is 34.7 Å². The molecule has 1 amide bonds. The van der Waals surface area contributed by atoms with Gasteiger partial charge in [-0.3, -0.25) is 14.9 Å². The first-order chi connectivity index (χ1) is 14.0. The zero-order valence-corrected chi connectivity index (χ0v) is 16.7. The van der Waals surface area contributed by atoms with Crippen molar-refractivity contribution in [2.75, 3.05) is 24.8 Å². The van der Waals surface area contributed by atoms with Crippen molar-refractivity contribution in [3.63, 3.8) is 0 Å². The van der Waals surface area contributed by atoms with Crippen molar-refractivity contribution in [2.45, 2.75) is 9.79 Å². The van der Waals surface area contributed by atoms with Crippen LogP contribution >= 0.6 is 11.8 Å². The standard InChI is InChI=1S/C21H19N3O4S/c1-22-17-7-5-9-19(29-15-12-10-14(11-13-15)24(26)27)20(17)21(25)23-16-6-3-4-8-18(16)28-2/h3-13,22H,1-2H3,(H,23,25). The molecule has 0 saturated carbocycles. The molecule has 0 aliphatic carbocycles. The molecule has 3 rings (SSSR count). The number of non-ortho nitro benzene ring substituents is 1. The number of nitro benzene ring substituents is 1. The summed E-state index contributed by atoms with van der Waals surface area (Å²) in [6.07, 6.45) is 0. The highest BCUT2D eigenvalue weighted by molar-refractivity contribution is 7.99. The van der Waals surface area contributed by atoms with E-state index in [-0.39, 0.29) is 11.6 Å². The van der Waals surface area contributed by atoms with Crippen molar-refractivity contribution in [1.82, 2.24) is 0 Å². The van der Waals surface area contributed by atoms with Gasteiger partial charge in [-0.15, -0.1) is 0 Å². The summed E-state index contributed by atoms with van der Waals surface area (Å²) in [6.45, 7) is 0. The average Bonchev–Trinajstić information content (AvgIpc) is 2.74. The molecule has 0 atom stereocenters. The lowest BCUT2D eigenvalue weighted by Crippen LogP contribution is -2.15. The van der Waals surface area contributed by atoms with E-state index < -0.39 is 4.92 Å². The smallest absolute Gasteiger partial charge is 0.269 e. The van der Waals surface area contributed by atoms with Gasteiger partial charge in [0.15, 0.2) is 0 Å². The first-order valence-electron chi connectivity index (χ1n) is 8.71. The van der Waals surface area contributed by atoms with Crippen LogP contribution in [0.2, 0.25) is 0 Å². The molecule has 148 valence electrons. The largest absolute Gasteiger partial charge is 0.495 e. The molecule has 0 saturated heterocycles. The lowest BCUT2D eigenvalue weighted by atomic mass is 10.1. The summed E-state index contributed by atoms with van der Waals surface area (Å²) in [5, 5.41) is 16.8. The fourth-order valence-electron chi connectivity index (χ4n) is 2.75. The third kappa shape index (κ3) is 4.67. The Hall–Kier alpha value is -3.52. The Kier molecular flexibility index (Phi) is 6.36. The first-order valence-corrected chi connectivity index (χ1v) is 9.52. The fourth-order valence-corrected chi connectivity index (χ4v) is 3.73. The molecule has 2 N–H and O–H groups in total. The Balaban J connectivity index is 1.93. The van der Waals surface area contributed by atoms with Gasteiger partial charge in [0.05, 0.1) is 23.3 Å². The molecule has 0 fully saturated rings. The van der Waals surface area contributed by atoms with Crippen molar-refractivity contribution >= 4 is 34.7 Å². The summed E-state index contributed by atoms with van der Waals surface area (Å²) in [5.41, 5.74) is 1.73. The quantitative estimate of drug-likeness (QED) is 0.419. The van der Waals surface area contributed by atoms with Crippen LogP contribution in [0.4, 0.5) is 17.1 Å². The molecule has 0 spiro atoms. The number of nitrogens with zero attached hydrogens (tertiary/aromatic N) is 1. The van der Waals surface area contributed by atoms with Gasteiger partial charge < -0.3 is 15.4 Å². The summed E-state index contributed by atoms with van der Waals surface area (Å²) in [4.78, 5) is 25.0. The van der Waals surface area contributed by atoms with Crippen LogP contribution in [-0.4, -0.2) is 25.0 Å². The van der Waals surface area contributed by atoms with E-state index in [1.54, 1.807) is 38.4 Å². The number of carbonyl (C=O) groups excluding carboxylic acids is 1. The van der Waals surface area contributed by atoms with E-state index >= 15 is 0 Å². The molecule has 3 aromatic rings. The molecule has 0 radical (unpaired) electrons. The van der Waals surface area contributed by atoms with Crippen LogP contribution < -0.4 is 15.4 Å². The normalized spacial score (nSPS) is 10.3. The predicted molar refractivity (Wildman–Crippen MR) is 114 cm³/mol. The number of methoxy groups -OCH3 is 1. The zero-order valence-electron chi connectivity index (χ0n) is 15.8. The van der Waals surface area contributed by atoms with Gasteiger partial charge in [0.1, 0.15) is 5.75 Å². The molecule has 0 aliphatic heterocycles. The van der Waals surface area contributed by atoms with Crippen molar-refractivity contribution in [3.05, 3.63) is 82.4 Å². The number of rotatable bonds is 7. The maximum Gasteiger partial charge on any atom is 0.269 e. The molecule has 3 aromatic carbocycles. The highest BCUT2D eigenvalue weighted by Crippen LogP contribution is 2.35. The van der Waals surface area contributed by atoms with E-state index in [1.165, 1.54) is 23.9 Å². The fraction of sp³-hybridized carbons (Fsp3) is 0.0952. The van der Waals surface area contributed by atoms with Gasteiger partial charge in [-0.25, -0.2) is 0 Å². The van der Waals surface area contributed by atoms with Crippen LogP contribution in [0.1, 0.15) is 10.4 Å². The highest BCUT2D eigenvalue weighted by Gasteiger charge is 2.18. The van der Waals surface area contributed by atoms with E-state index in [9.17, 15) is 14.9 Å². The molecule has 0 aliphatic rings. The zero-order chi connectivity index (χ0) is 20.8. The number of benzene rings is 3. The summed E-state index contributed by atoms with van der Waals surface area (Å²) in [5.74, 6) is 0.274. The first kappa shape index (κ1) is 20.2. The number of hydrogen-bond donors (Lipinski definition) is 2. The molecular formula is C21H19N3O4S. The molecule has 0 bridgehead atoms. The Bertz CT molecular complexity index is 1040. The maximum absolute atomic E-state index is 13.1. The molecular weight excluding hydrogens is 390 g/mol. The van der Waals surface area contributed by atoms with Crippen LogP contribution in [0.5, 0.6) is 5.75 Å². The minimum atomic E-state index is -0.442. The maximum atomic E-state index is 13.1. The van der Waals surface area contributed by atoms with Crippen LogP contribution in [0.3, 0.4) is 0 Å². The van der Waals surface area contributed by atoms with Crippen molar-refractivity contribution in [3.8, 4) is 5.75 Å². The van der Waals surface area contributed by atoms with Gasteiger partial charge in [-0.05, 0) is 36.4 Å². The minimum Gasteiger partial charge on any atom is -0.495 e. The number of nitrogens with one attached hydrogen (secondary N) is 2. The van der Waals surface area contributed by atoms with E-state index in [1.807, 2.05) is 30.3 Å². The minimum absolute atomic E-state index is 0.0208. The van der Waals surface area contributed by atoms with Gasteiger partial charge in [-0.2, -0.15) is 0 Å². The number of hydrogen-bond acceptors (Lipinski definition) is 6. The van der Waals surface area contributed by atoms with Crippen LogP contribution in [-0.2, 0) is 0 Å². The Morgan fingerprint density at radius 3 is 2.34 bits per heavy atom. The highest BCUT2D eigenvalue weighted by atomic mass is 32.2. The van der Waals surface area contributed by atoms with Crippen molar-refractivity contribution in [1.29, 1.82) is 0 Å². The molecule has 8 heteroatoms. The lowest BCUT2D eigenvalue weighted by molar-refractivity contribution is -0.384. The van der Waals surface area contributed by atoms with Crippen molar-refractivity contribution in [2.24, 2.45) is 0 Å². The van der Waals surface area contributed by atoms with Gasteiger partial charge in [0.25, 0.3) is 11.6 Å². The monoisotopic (exact) mass is 409 g/mol. The summed E-state index contributed by atoms with van der Waals surface area (Å²) >= 11 is 1.36. The number of anilines is 2. The number of nitro groups is 1. The second-order valence-electron chi connectivity index (χ2n) is 5.94. The summed E-state index contributed by atoms with van der Waals surface area (Å²) in [6, 6.07) is 18.9. The molecule has 0 aromatic heterocycles. The van der Waals surface area contributed by atoms with Crippen LogP contribution in [0.25, 0.3) is 0 Å². The number of carbonyl (C=O) groups is 1. The Morgan fingerprint density at radius 1 is 1.00 bits per heavy atom. The average molecular weight is 409 g/mol. The number of amides is 1. The third-order valence-corrected chi connectivity index (χ3v) is 5.22. The number of ether oxygens (including phenoxy) is 1. The summed E-state index contributed by atoms with van der Waals surface area (Å²) < 4.78 is 5.30. The second kappa shape index (κ2) is 9.11. The molecule has 0 unspecified atom stereocenters. The molecule has 7 nitrogen and oxygen atoms in total. The van der Waals surface area contributed by atoms with Crippen LogP contribution in [0.15, 0.2) is 76.5 Å². The predicted octanol–water partition coefficient (Wildman–Crippen LogP) is 5.05. The Labute approximate surface area is 172 Å². The van der Waals surface area contributed by atoms with Crippen LogP contribution in [0, 0.1) is 10.1 Å².